The van der Waals surface area contributed by atoms with Crippen molar-refractivity contribution in [2.45, 2.75) is 18.6 Å². The molecule has 3 aromatic carbocycles. The van der Waals surface area contributed by atoms with Crippen molar-refractivity contribution in [3.8, 4) is 5.75 Å². The van der Waals surface area contributed by atoms with E-state index in [1.807, 2.05) is 66.7 Å². The average molecular weight is 348 g/mol. The van der Waals surface area contributed by atoms with Crippen LogP contribution in [0.15, 0.2) is 66.7 Å². The first-order chi connectivity index (χ1) is 12.7. The van der Waals surface area contributed by atoms with Crippen LogP contribution in [0.2, 0.25) is 0 Å². The lowest BCUT2D eigenvalue weighted by Gasteiger charge is -2.13. The molecule has 0 N–H and O–H groups in total. The molecular weight excluding hydrogens is 328 g/mol. The lowest BCUT2D eigenvalue weighted by Crippen LogP contribution is -2.25. The monoisotopic (exact) mass is 348 g/mol. The second kappa shape index (κ2) is 6.46. The average Bonchev–Trinajstić information content (AvgIpc) is 3.45. The molecule has 2 atom stereocenters. The molecule has 4 nitrogen and oxygen atoms in total. The topological polar surface area (TPSA) is 48.1 Å². The second-order valence-corrected chi connectivity index (χ2v) is 6.29. The summed E-state index contributed by atoms with van der Waals surface area (Å²) in [6, 6.07) is 21.6. The first-order valence-corrected chi connectivity index (χ1v) is 8.67. The van der Waals surface area contributed by atoms with E-state index in [2.05, 4.69) is 0 Å². The summed E-state index contributed by atoms with van der Waals surface area (Å²) in [6.07, 6.45) is -0.367. The highest BCUT2D eigenvalue weighted by molar-refractivity contribution is 5.89. The van der Waals surface area contributed by atoms with Gasteiger partial charge in [-0.3, -0.25) is 0 Å². The molecule has 0 saturated carbocycles. The fraction of sp³-hybridized carbons (Fsp3) is 0.227. The molecule has 1 saturated heterocycles. The molecule has 1 fully saturated rings. The molecule has 4 rings (SSSR count). The van der Waals surface area contributed by atoms with Gasteiger partial charge < -0.3 is 14.2 Å². The number of hydrogen-bond acceptors (Lipinski definition) is 4. The van der Waals surface area contributed by atoms with Gasteiger partial charge in [0.1, 0.15) is 11.9 Å². The maximum Gasteiger partial charge on any atom is 0.346 e. The van der Waals surface area contributed by atoms with E-state index in [0.29, 0.717) is 6.61 Å². The Bertz CT molecular complexity index is 948. The Labute approximate surface area is 152 Å². The number of carbonyl (C=O) groups excluding carboxylic acids is 1. The van der Waals surface area contributed by atoms with E-state index in [0.717, 1.165) is 27.6 Å². The first kappa shape index (κ1) is 16.6. The van der Waals surface area contributed by atoms with Crippen molar-refractivity contribution in [1.29, 1.82) is 0 Å². The molecule has 0 aliphatic carbocycles. The molecule has 132 valence electrons. The van der Waals surface area contributed by atoms with Gasteiger partial charge in [0.25, 0.3) is 0 Å². The molecule has 4 heteroatoms. The molecule has 1 heterocycles. The van der Waals surface area contributed by atoms with Crippen LogP contribution in [-0.2, 0) is 19.9 Å². The molecule has 0 unspecified atom stereocenters. The van der Waals surface area contributed by atoms with Crippen molar-refractivity contribution in [3.63, 3.8) is 0 Å². The standard InChI is InChI=1S/C22H20O4/c1-3-25-21(23)22(18-11-8-15-6-4-5-7-17(15)14-18)20(26-22)16-9-12-19(24-2)13-10-16/h4-14,20H,3H2,1-2H3/t20-,22-/m0/s1. The molecule has 0 radical (unpaired) electrons. The predicted octanol–water partition coefficient (Wildman–Crippen LogP) is 4.38. The summed E-state index contributed by atoms with van der Waals surface area (Å²) >= 11 is 0. The van der Waals surface area contributed by atoms with Gasteiger partial charge in [0.05, 0.1) is 13.7 Å². The number of hydrogen-bond donors (Lipinski definition) is 0. The number of rotatable bonds is 5. The summed E-state index contributed by atoms with van der Waals surface area (Å²) in [6.45, 7) is 2.11. The summed E-state index contributed by atoms with van der Waals surface area (Å²) in [7, 11) is 1.63. The van der Waals surface area contributed by atoms with Crippen LogP contribution in [0.5, 0.6) is 5.75 Å². The summed E-state index contributed by atoms with van der Waals surface area (Å²) in [5.41, 5.74) is 0.650. The second-order valence-electron chi connectivity index (χ2n) is 6.29. The van der Waals surface area contributed by atoms with Gasteiger partial charge in [0, 0.05) is 0 Å². The summed E-state index contributed by atoms with van der Waals surface area (Å²) in [5.74, 6) is 0.415. The molecule has 0 bridgehead atoms. The highest BCUT2D eigenvalue weighted by Gasteiger charge is 2.65. The number of ether oxygens (including phenoxy) is 3. The Kier molecular flexibility index (Phi) is 4.13. The van der Waals surface area contributed by atoms with Crippen molar-refractivity contribution >= 4 is 16.7 Å². The van der Waals surface area contributed by atoms with Crippen molar-refractivity contribution in [1.82, 2.24) is 0 Å². The van der Waals surface area contributed by atoms with E-state index in [9.17, 15) is 4.79 Å². The van der Waals surface area contributed by atoms with Crippen LogP contribution < -0.4 is 4.74 Å². The van der Waals surface area contributed by atoms with Crippen LogP contribution in [0, 0.1) is 0 Å². The smallest absolute Gasteiger partial charge is 0.346 e. The van der Waals surface area contributed by atoms with E-state index in [1.54, 1.807) is 14.0 Å². The minimum Gasteiger partial charge on any atom is -0.497 e. The fourth-order valence-electron chi connectivity index (χ4n) is 3.38. The number of benzene rings is 3. The minimum atomic E-state index is -1.09. The van der Waals surface area contributed by atoms with Crippen molar-refractivity contribution in [2.24, 2.45) is 0 Å². The van der Waals surface area contributed by atoms with Gasteiger partial charge in [0.15, 0.2) is 0 Å². The van der Waals surface area contributed by atoms with Gasteiger partial charge in [-0.25, -0.2) is 4.79 Å². The van der Waals surface area contributed by atoms with Gasteiger partial charge in [-0.15, -0.1) is 0 Å². The maximum absolute atomic E-state index is 12.8. The fourth-order valence-corrected chi connectivity index (χ4v) is 3.38. The SMILES string of the molecule is CCOC(=O)[C@@]1(c2ccc3ccccc3c2)O[C@H]1c1ccc(OC)cc1. The first-order valence-electron chi connectivity index (χ1n) is 8.67. The summed E-state index contributed by atoms with van der Waals surface area (Å²) in [4.78, 5) is 12.8. The third kappa shape index (κ3) is 2.63. The number of methoxy groups -OCH3 is 1. The van der Waals surface area contributed by atoms with Gasteiger partial charge in [-0.1, -0.05) is 48.5 Å². The summed E-state index contributed by atoms with van der Waals surface area (Å²) < 4.78 is 16.5. The maximum atomic E-state index is 12.8. The highest BCUT2D eigenvalue weighted by Crippen LogP contribution is 2.58. The lowest BCUT2D eigenvalue weighted by molar-refractivity contribution is -0.150. The molecule has 1 aliphatic rings. The lowest BCUT2D eigenvalue weighted by atomic mass is 9.90. The molecule has 1 aliphatic heterocycles. The quantitative estimate of drug-likeness (QED) is 0.507. The Morgan fingerprint density at radius 3 is 2.46 bits per heavy atom. The number of fused-ring (bicyclic) bond motifs is 1. The largest absolute Gasteiger partial charge is 0.497 e. The zero-order valence-electron chi connectivity index (χ0n) is 14.8. The third-order valence-corrected chi connectivity index (χ3v) is 4.79. The Hall–Kier alpha value is -2.85. The van der Waals surface area contributed by atoms with E-state index < -0.39 is 5.60 Å². The zero-order chi connectivity index (χ0) is 18.1. The Morgan fingerprint density at radius 1 is 1.04 bits per heavy atom. The number of esters is 1. The molecular formula is C22H20O4. The molecule has 0 aromatic heterocycles. The van der Waals surface area contributed by atoms with Crippen molar-refractivity contribution < 1.29 is 19.0 Å². The Balaban J connectivity index is 1.76. The molecule has 0 amide bonds. The van der Waals surface area contributed by atoms with Crippen LogP contribution in [0.1, 0.15) is 24.2 Å². The van der Waals surface area contributed by atoms with Crippen LogP contribution in [0.4, 0.5) is 0 Å². The number of carbonyl (C=O) groups is 1. The zero-order valence-corrected chi connectivity index (χ0v) is 14.8. The van der Waals surface area contributed by atoms with Gasteiger partial charge in [0.2, 0.25) is 5.60 Å². The van der Waals surface area contributed by atoms with Crippen LogP contribution in [-0.4, -0.2) is 19.7 Å². The van der Waals surface area contributed by atoms with Gasteiger partial charge in [-0.2, -0.15) is 0 Å². The van der Waals surface area contributed by atoms with E-state index >= 15 is 0 Å². The Morgan fingerprint density at radius 2 is 1.77 bits per heavy atom. The number of epoxide rings is 1. The normalized spacial score (nSPS) is 21.4. The van der Waals surface area contributed by atoms with Crippen molar-refractivity contribution in [3.05, 3.63) is 77.9 Å². The minimum absolute atomic E-state index is 0.312. The van der Waals surface area contributed by atoms with Gasteiger partial charge in [-0.05, 0) is 47.0 Å². The van der Waals surface area contributed by atoms with Gasteiger partial charge >= 0.3 is 5.97 Å². The van der Waals surface area contributed by atoms with Crippen LogP contribution in [0.25, 0.3) is 10.8 Å². The predicted molar refractivity (Wildman–Crippen MR) is 99.1 cm³/mol. The molecule has 0 spiro atoms. The van der Waals surface area contributed by atoms with Crippen molar-refractivity contribution in [2.75, 3.05) is 13.7 Å². The molecule has 26 heavy (non-hydrogen) atoms. The van der Waals surface area contributed by atoms with E-state index in [4.69, 9.17) is 14.2 Å². The van der Waals surface area contributed by atoms with Crippen LogP contribution in [0.3, 0.4) is 0 Å². The third-order valence-electron chi connectivity index (χ3n) is 4.79. The molecule has 3 aromatic rings. The van der Waals surface area contributed by atoms with E-state index in [-0.39, 0.29) is 12.1 Å². The van der Waals surface area contributed by atoms with E-state index in [1.165, 1.54) is 0 Å². The summed E-state index contributed by atoms with van der Waals surface area (Å²) in [5, 5.41) is 2.19. The highest BCUT2D eigenvalue weighted by atomic mass is 16.7. The van der Waals surface area contributed by atoms with Crippen LogP contribution >= 0.6 is 0 Å².